The Balaban J connectivity index is 2.00. The van der Waals surface area contributed by atoms with Crippen molar-refractivity contribution in [1.82, 2.24) is 25.2 Å². The first kappa shape index (κ1) is 17.5. The summed E-state index contributed by atoms with van der Waals surface area (Å²) in [5.41, 5.74) is -1.05. The van der Waals surface area contributed by atoms with Gasteiger partial charge >= 0.3 is 7.60 Å². The van der Waals surface area contributed by atoms with Gasteiger partial charge in [-0.1, -0.05) is 5.21 Å². The number of rotatable bonds is 9. The van der Waals surface area contributed by atoms with Crippen molar-refractivity contribution in [3.05, 3.63) is 20.7 Å². The van der Waals surface area contributed by atoms with E-state index in [-0.39, 0.29) is 43.7 Å². The molecule has 0 fully saturated rings. The molecule has 0 aromatic carbocycles. The van der Waals surface area contributed by atoms with Gasteiger partial charge in [-0.05, 0) is 13.8 Å². The first-order valence-corrected chi connectivity index (χ1v) is 8.73. The van der Waals surface area contributed by atoms with E-state index in [9.17, 15) is 14.2 Å². The lowest BCUT2D eigenvalue weighted by Gasteiger charge is -2.16. The number of nitrogens with one attached hydrogen (secondary N) is 2. The van der Waals surface area contributed by atoms with Gasteiger partial charge in [0, 0.05) is 0 Å². The molecule has 11 nitrogen and oxygen atoms in total. The molecule has 0 aliphatic carbocycles. The summed E-state index contributed by atoms with van der Waals surface area (Å²) in [4.78, 5) is 23.2. The highest BCUT2D eigenvalue weighted by Crippen LogP contribution is 2.47. The first-order chi connectivity index (χ1) is 11.0. The minimum Gasteiger partial charge on any atom is -0.367 e. The Bertz CT molecular complexity index is 801. The largest absolute Gasteiger partial charge is 0.367 e. The van der Waals surface area contributed by atoms with Gasteiger partial charge in [0.15, 0.2) is 11.0 Å². The van der Waals surface area contributed by atoms with Gasteiger partial charge in [0.2, 0.25) is 0 Å². The normalized spacial score (nSPS) is 12.1. The third kappa shape index (κ3) is 4.14. The maximum Gasteiger partial charge on any atom is 0.356 e. The molecule has 0 atom stereocenters. The Morgan fingerprint density at radius 1 is 1.13 bits per heavy atom. The zero-order chi connectivity index (χ0) is 16.9. The summed E-state index contributed by atoms with van der Waals surface area (Å²) in [5, 5.41) is 11.8. The van der Waals surface area contributed by atoms with E-state index in [1.807, 2.05) is 0 Å². The van der Waals surface area contributed by atoms with E-state index in [0.29, 0.717) is 0 Å². The van der Waals surface area contributed by atoms with Crippen LogP contribution in [0.3, 0.4) is 0 Å². The van der Waals surface area contributed by atoms with E-state index >= 15 is 0 Å². The number of nitrogens with zero attached hydrogens (tertiary/aromatic N) is 3. The van der Waals surface area contributed by atoms with Crippen molar-refractivity contribution in [3.63, 3.8) is 0 Å². The summed E-state index contributed by atoms with van der Waals surface area (Å²) in [6.45, 7) is 4.14. The van der Waals surface area contributed by atoms with Gasteiger partial charge < -0.3 is 13.8 Å². The Morgan fingerprint density at radius 2 is 1.78 bits per heavy atom. The molecule has 0 spiro atoms. The predicted molar refractivity (Wildman–Crippen MR) is 80.4 cm³/mol. The highest BCUT2D eigenvalue weighted by atomic mass is 31.2. The lowest BCUT2D eigenvalue weighted by atomic mass is 10.4. The number of hydrogen-bond donors (Lipinski definition) is 2. The number of hydrogen-bond acceptors (Lipinski definition) is 8. The summed E-state index contributed by atoms with van der Waals surface area (Å²) >= 11 is 0. The molecule has 0 bridgehead atoms. The SMILES string of the molecule is CCOP(=O)(COCCn1nnc2c(=O)[nH][nH]c(=O)c21)OCC. The molecule has 0 saturated carbocycles. The Hall–Kier alpha value is -1.81. The van der Waals surface area contributed by atoms with Crippen LogP contribution >= 0.6 is 7.60 Å². The van der Waals surface area contributed by atoms with Crippen LogP contribution in [0, 0.1) is 0 Å². The van der Waals surface area contributed by atoms with E-state index in [4.69, 9.17) is 13.8 Å². The molecule has 2 rings (SSSR count). The third-order valence-corrected chi connectivity index (χ3v) is 4.61. The van der Waals surface area contributed by atoms with Crippen LogP contribution in [-0.2, 0) is 24.9 Å². The third-order valence-electron chi connectivity index (χ3n) is 2.80. The summed E-state index contributed by atoms with van der Waals surface area (Å²) in [6, 6.07) is 0. The fourth-order valence-corrected chi connectivity index (χ4v) is 3.27. The molecule has 2 aromatic heterocycles. The topological polar surface area (TPSA) is 141 Å². The maximum absolute atomic E-state index is 12.2. The van der Waals surface area contributed by atoms with Gasteiger partial charge in [-0.25, -0.2) is 4.68 Å². The van der Waals surface area contributed by atoms with E-state index in [1.165, 1.54) is 4.68 Å². The van der Waals surface area contributed by atoms with E-state index in [0.717, 1.165) is 0 Å². The molecule has 12 heteroatoms. The Morgan fingerprint density at radius 3 is 2.43 bits per heavy atom. The lowest BCUT2D eigenvalue weighted by molar-refractivity contribution is 0.125. The quantitative estimate of drug-likeness (QED) is 0.479. The van der Waals surface area contributed by atoms with Crippen molar-refractivity contribution >= 4 is 18.6 Å². The molecule has 2 heterocycles. The lowest BCUT2D eigenvalue weighted by Crippen LogP contribution is -2.21. The molecule has 0 unspecified atom stereocenters. The van der Waals surface area contributed by atoms with Gasteiger partial charge in [0.1, 0.15) is 6.35 Å². The second-order valence-corrected chi connectivity index (χ2v) is 6.40. The Kier molecular flexibility index (Phi) is 5.83. The van der Waals surface area contributed by atoms with Crippen molar-refractivity contribution in [3.8, 4) is 0 Å². The van der Waals surface area contributed by atoms with Crippen molar-refractivity contribution in [2.75, 3.05) is 26.2 Å². The van der Waals surface area contributed by atoms with Crippen molar-refractivity contribution in [2.24, 2.45) is 0 Å². The monoisotopic (exact) mass is 347 g/mol. The molecule has 0 aliphatic heterocycles. The molecule has 2 aromatic rings. The van der Waals surface area contributed by atoms with Crippen LogP contribution < -0.4 is 11.1 Å². The molecule has 0 aliphatic rings. The van der Waals surface area contributed by atoms with Gasteiger partial charge in [-0.3, -0.25) is 24.4 Å². The van der Waals surface area contributed by atoms with Crippen LogP contribution in [0.2, 0.25) is 0 Å². The zero-order valence-corrected chi connectivity index (χ0v) is 13.7. The Labute approximate surface area is 130 Å². The van der Waals surface area contributed by atoms with Crippen LogP contribution in [0.1, 0.15) is 13.8 Å². The van der Waals surface area contributed by atoms with Crippen molar-refractivity contribution in [1.29, 1.82) is 0 Å². The number of fused-ring (bicyclic) bond motifs is 1. The average molecular weight is 347 g/mol. The predicted octanol–water partition coefficient (Wildman–Crippen LogP) is 0.0481. The fraction of sp³-hybridized carbons (Fsp3) is 0.636. The van der Waals surface area contributed by atoms with Gasteiger partial charge in [0.05, 0.1) is 26.4 Å². The second kappa shape index (κ2) is 7.64. The van der Waals surface area contributed by atoms with Crippen molar-refractivity contribution in [2.45, 2.75) is 20.4 Å². The molecule has 2 N–H and O–H groups in total. The maximum atomic E-state index is 12.2. The summed E-state index contributed by atoms with van der Waals surface area (Å²) in [6.07, 6.45) is -0.210. The number of ether oxygens (including phenoxy) is 1. The van der Waals surface area contributed by atoms with Crippen LogP contribution in [0.4, 0.5) is 0 Å². The highest BCUT2D eigenvalue weighted by Gasteiger charge is 2.23. The summed E-state index contributed by atoms with van der Waals surface area (Å²) in [5.74, 6) is 0. The fourth-order valence-electron chi connectivity index (χ4n) is 1.91. The molecule has 128 valence electrons. The van der Waals surface area contributed by atoms with Crippen molar-refractivity contribution < 1.29 is 18.3 Å². The minimum atomic E-state index is -3.28. The van der Waals surface area contributed by atoms with Gasteiger partial charge in [-0.15, -0.1) is 5.10 Å². The van der Waals surface area contributed by atoms with Gasteiger partial charge in [-0.2, -0.15) is 0 Å². The van der Waals surface area contributed by atoms with Crippen LogP contribution in [0.15, 0.2) is 9.59 Å². The number of aromatic amines is 2. The first-order valence-electron chi connectivity index (χ1n) is 7.00. The van der Waals surface area contributed by atoms with Crippen LogP contribution in [0.25, 0.3) is 11.0 Å². The summed E-state index contributed by atoms with van der Waals surface area (Å²) in [7, 11) is -3.28. The number of H-pyrrole nitrogens is 2. The minimum absolute atomic E-state index is 0.0511. The van der Waals surface area contributed by atoms with E-state index < -0.39 is 18.7 Å². The molecule has 23 heavy (non-hydrogen) atoms. The second-order valence-electron chi connectivity index (χ2n) is 4.40. The molecule has 0 radical (unpaired) electrons. The average Bonchev–Trinajstić information content (AvgIpc) is 2.93. The molecular weight excluding hydrogens is 329 g/mol. The molecular formula is C11H18N5O6P. The molecule has 0 amide bonds. The number of aromatic nitrogens is 5. The van der Waals surface area contributed by atoms with E-state index in [2.05, 4.69) is 20.5 Å². The zero-order valence-electron chi connectivity index (χ0n) is 12.8. The smallest absolute Gasteiger partial charge is 0.356 e. The summed E-state index contributed by atoms with van der Waals surface area (Å²) < 4.78 is 28.9. The molecule has 0 saturated heterocycles. The van der Waals surface area contributed by atoms with Crippen LogP contribution in [-0.4, -0.2) is 51.4 Å². The van der Waals surface area contributed by atoms with E-state index in [1.54, 1.807) is 13.8 Å². The standard InChI is InChI=1S/C11H18N5O6P/c1-3-21-23(19,22-4-2)7-20-6-5-16-9-8(12-15-16)10(17)13-14-11(9)18/h3-7H2,1-2H3,(H,13,17)(H,14,18). The van der Waals surface area contributed by atoms with Crippen LogP contribution in [0.5, 0.6) is 0 Å². The highest BCUT2D eigenvalue weighted by molar-refractivity contribution is 7.53. The van der Waals surface area contributed by atoms with Gasteiger partial charge in [0.25, 0.3) is 11.1 Å².